The second-order valence-corrected chi connectivity index (χ2v) is 3.76. The standard InChI is InChI=1S/C5H4N2O4.C5H10N2O3/c8-3-1-2(4(9)10)6-5(11)7-3;6-3(5(9)10)1-2-4(7)8/h1H,(H,9,10)(H2,6,7,8,11);3H,1-2,6H2,(H2,7,8)(H,9,10). The van der Waals surface area contributed by atoms with Crippen molar-refractivity contribution in [3.63, 3.8) is 0 Å². The number of primary amides is 1. The Labute approximate surface area is 116 Å². The van der Waals surface area contributed by atoms with Crippen molar-refractivity contribution in [1.29, 1.82) is 0 Å². The monoisotopic (exact) mass is 302 g/mol. The van der Waals surface area contributed by atoms with Crippen LogP contribution >= 0.6 is 0 Å². The molecule has 0 aromatic carbocycles. The molecular formula is C10H14N4O7. The Morgan fingerprint density at radius 3 is 2.14 bits per heavy atom. The quantitative estimate of drug-likeness (QED) is 0.339. The van der Waals surface area contributed by atoms with Crippen molar-refractivity contribution in [2.24, 2.45) is 11.5 Å². The number of nitrogens with two attached hydrogens (primary N) is 2. The van der Waals surface area contributed by atoms with Crippen molar-refractivity contribution in [2.75, 3.05) is 0 Å². The zero-order valence-electron chi connectivity index (χ0n) is 10.7. The Bertz CT molecular complexity index is 605. The van der Waals surface area contributed by atoms with Gasteiger partial charge in [-0.05, 0) is 6.42 Å². The smallest absolute Gasteiger partial charge is 0.352 e. The molecule has 0 bridgehead atoms. The zero-order chi connectivity index (χ0) is 16.6. The topological polar surface area (TPSA) is 209 Å². The maximum absolute atomic E-state index is 10.5. The first kappa shape index (κ1) is 18.0. The van der Waals surface area contributed by atoms with Crippen LogP contribution in [0.15, 0.2) is 15.7 Å². The maximum Gasteiger partial charge on any atom is 0.352 e. The van der Waals surface area contributed by atoms with E-state index in [9.17, 15) is 24.0 Å². The van der Waals surface area contributed by atoms with Gasteiger partial charge in [0.2, 0.25) is 5.91 Å². The van der Waals surface area contributed by atoms with Gasteiger partial charge in [-0.2, -0.15) is 0 Å². The van der Waals surface area contributed by atoms with Gasteiger partial charge in [0, 0.05) is 12.5 Å². The van der Waals surface area contributed by atoms with E-state index in [1.54, 1.807) is 0 Å². The average Bonchev–Trinajstić information content (AvgIpc) is 2.35. The first-order valence-corrected chi connectivity index (χ1v) is 5.47. The molecule has 1 rings (SSSR count). The fraction of sp³-hybridized carbons (Fsp3) is 0.300. The van der Waals surface area contributed by atoms with Crippen LogP contribution in [0.3, 0.4) is 0 Å². The number of hydrogen-bond donors (Lipinski definition) is 6. The van der Waals surface area contributed by atoms with E-state index in [1.165, 1.54) is 0 Å². The molecule has 0 saturated heterocycles. The van der Waals surface area contributed by atoms with Crippen LogP contribution in [0.25, 0.3) is 0 Å². The Balaban J connectivity index is 0.000000384. The van der Waals surface area contributed by atoms with Gasteiger partial charge in [0.1, 0.15) is 11.7 Å². The molecular weight excluding hydrogens is 288 g/mol. The van der Waals surface area contributed by atoms with Gasteiger partial charge in [-0.25, -0.2) is 9.59 Å². The molecule has 11 heteroatoms. The van der Waals surface area contributed by atoms with E-state index >= 15 is 0 Å². The molecule has 21 heavy (non-hydrogen) atoms. The van der Waals surface area contributed by atoms with E-state index in [-0.39, 0.29) is 12.8 Å². The maximum atomic E-state index is 10.5. The summed E-state index contributed by atoms with van der Waals surface area (Å²) in [5.41, 5.74) is 7.84. The van der Waals surface area contributed by atoms with Gasteiger partial charge in [-0.15, -0.1) is 0 Å². The van der Waals surface area contributed by atoms with Crippen molar-refractivity contribution in [2.45, 2.75) is 18.9 Å². The minimum atomic E-state index is -1.34. The number of carboxylic acids is 2. The fourth-order valence-corrected chi connectivity index (χ4v) is 1.01. The first-order chi connectivity index (χ1) is 9.63. The van der Waals surface area contributed by atoms with E-state index < -0.39 is 40.8 Å². The lowest BCUT2D eigenvalue weighted by Crippen LogP contribution is -2.31. The SMILES string of the molecule is NC(=O)CCC(N)C(=O)O.O=C(O)c1cc(=O)[nH]c(=O)[nH]1. The van der Waals surface area contributed by atoms with E-state index in [2.05, 4.69) is 0 Å². The minimum absolute atomic E-state index is 0.0213. The highest BCUT2D eigenvalue weighted by Crippen LogP contribution is 1.92. The highest BCUT2D eigenvalue weighted by Gasteiger charge is 2.11. The number of carbonyl (C=O) groups is 3. The molecule has 11 nitrogen and oxygen atoms in total. The average molecular weight is 302 g/mol. The molecule has 1 aromatic heterocycles. The molecule has 0 fully saturated rings. The van der Waals surface area contributed by atoms with Crippen LogP contribution in [0.5, 0.6) is 0 Å². The fourth-order valence-electron chi connectivity index (χ4n) is 1.01. The van der Waals surface area contributed by atoms with Crippen molar-refractivity contribution >= 4 is 17.8 Å². The van der Waals surface area contributed by atoms with Crippen molar-refractivity contribution < 1.29 is 24.6 Å². The van der Waals surface area contributed by atoms with Crippen LogP contribution in [-0.2, 0) is 9.59 Å². The van der Waals surface area contributed by atoms with E-state index in [1.807, 2.05) is 9.97 Å². The molecule has 1 atom stereocenters. The summed E-state index contributed by atoms with van der Waals surface area (Å²) in [6, 6.07) is -0.184. The Morgan fingerprint density at radius 1 is 1.19 bits per heavy atom. The molecule has 116 valence electrons. The van der Waals surface area contributed by atoms with Gasteiger partial charge in [0.05, 0.1) is 0 Å². The van der Waals surface area contributed by atoms with Crippen molar-refractivity contribution in [3.05, 3.63) is 32.6 Å². The van der Waals surface area contributed by atoms with Gasteiger partial charge in [-0.1, -0.05) is 0 Å². The van der Waals surface area contributed by atoms with Gasteiger partial charge >= 0.3 is 17.6 Å². The normalized spacial score (nSPS) is 10.9. The summed E-state index contributed by atoms with van der Waals surface area (Å²) in [5, 5.41) is 16.5. The van der Waals surface area contributed by atoms with Gasteiger partial charge in [0.25, 0.3) is 5.56 Å². The molecule has 0 aliphatic heterocycles. The summed E-state index contributed by atoms with van der Waals surface area (Å²) in [5.74, 6) is -2.98. The zero-order valence-corrected chi connectivity index (χ0v) is 10.7. The molecule has 0 aliphatic carbocycles. The summed E-state index contributed by atoms with van der Waals surface area (Å²) in [4.78, 5) is 55.0. The number of aromatic amines is 2. The second-order valence-electron chi connectivity index (χ2n) is 3.76. The third-order valence-corrected chi connectivity index (χ3v) is 2.01. The highest BCUT2D eigenvalue weighted by molar-refractivity contribution is 5.84. The minimum Gasteiger partial charge on any atom is -0.480 e. The molecule has 0 saturated carbocycles. The summed E-state index contributed by atoms with van der Waals surface area (Å²) in [6.07, 6.45) is 0.123. The largest absolute Gasteiger partial charge is 0.480 e. The Kier molecular flexibility index (Phi) is 7.11. The predicted octanol–water partition coefficient (Wildman–Crippen LogP) is -2.57. The Hall–Kier alpha value is -2.95. The van der Waals surface area contributed by atoms with E-state index in [4.69, 9.17) is 21.7 Å². The first-order valence-electron chi connectivity index (χ1n) is 5.47. The number of aromatic carboxylic acids is 1. The lowest BCUT2D eigenvalue weighted by molar-refractivity contribution is -0.138. The number of aromatic nitrogens is 2. The molecule has 0 aliphatic rings. The summed E-state index contributed by atoms with van der Waals surface area (Å²) in [7, 11) is 0. The van der Waals surface area contributed by atoms with Crippen LogP contribution in [0.2, 0.25) is 0 Å². The van der Waals surface area contributed by atoms with Crippen LogP contribution in [0, 0.1) is 0 Å². The lowest BCUT2D eigenvalue weighted by atomic mass is 10.2. The molecule has 1 aromatic rings. The molecule has 1 heterocycles. The van der Waals surface area contributed by atoms with Crippen molar-refractivity contribution in [3.8, 4) is 0 Å². The lowest BCUT2D eigenvalue weighted by Gasteiger charge is -2.01. The number of rotatable bonds is 5. The number of nitrogens with one attached hydrogen (secondary N) is 2. The number of carbonyl (C=O) groups excluding carboxylic acids is 1. The third kappa shape index (κ3) is 7.94. The summed E-state index contributed by atoms with van der Waals surface area (Å²) < 4.78 is 0. The van der Waals surface area contributed by atoms with Crippen LogP contribution in [-0.4, -0.2) is 44.1 Å². The molecule has 8 N–H and O–H groups in total. The highest BCUT2D eigenvalue weighted by atomic mass is 16.4. The number of H-pyrrole nitrogens is 2. The summed E-state index contributed by atoms with van der Waals surface area (Å²) in [6.45, 7) is 0. The third-order valence-electron chi connectivity index (χ3n) is 2.01. The molecule has 0 radical (unpaired) electrons. The van der Waals surface area contributed by atoms with Crippen LogP contribution < -0.4 is 22.7 Å². The predicted molar refractivity (Wildman–Crippen MR) is 68.7 cm³/mol. The van der Waals surface area contributed by atoms with Gasteiger partial charge in [0.15, 0.2) is 0 Å². The number of carboxylic acid groups (broad SMARTS) is 2. The molecule has 0 spiro atoms. The van der Waals surface area contributed by atoms with Crippen LogP contribution in [0.4, 0.5) is 0 Å². The van der Waals surface area contributed by atoms with E-state index in [0.29, 0.717) is 0 Å². The van der Waals surface area contributed by atoms with Gasteiger partial charge in [-0.3, -0.25) is 19.4 Å². The van der Waals surface area contributed by atoms with Gasteiger partial charge < -0.3 is 26.7 Å². The van der Waals surface area contributed by atoms with Crippen LogP contribution in [0.1, 0.15) is 23.3 Å². The van der Waals surface area contributed by atoms with Crippen molar-refractivity contribution in [1.82, 2.24) is 9.97 Å². The summed E-state index contributed by atoms with van der Waals surface area (Å²) >= 11 is 0. The molecule has 1 amide bonds. The van der Waals surface area contributed by atoms with E-state index in [0.717, 1.165) is 6.07 Å². The molecule has 1 unspecified atom stereocenters. The Morgan fingerprint density at radius 2 is 1.76 bits per heavy atom. The number of aliphatic carboxylic acids is 1. The second kappa shape index (κ2) is 8.27. The number of amides is 1. The number of hydrogen-bond acceptors (Lipinski definition) is 6.